The number of halogens is 1. The van der Waals surface area contributed by atoms with Gasteiger partial charge in [-0.15, -0.1) is 0 Å². The maximum atomic E-state index is 11.2. The van der Waals surface area contributed by atoms with Crippen molar-refractivity contribution in [2.45, 2.75) is 33.3 Å². The highest BCUT2D eigenvalue weighted by atomic mass is 127. The van der Waals surface area contributed by atoms with Crippen molar-refractivity contribution >= 4 is 28.6 Å². The second-order valence-electron chi connectivity index (χ2n) is 3.59. The minimum Gasteiger partial charge on any atom is -0.460 e. The molecule has 0 aromatic carbocycles. The molecule has 0 amide bonds. The minimum atomic E-state index is -0.350. The van der Waals surface area contributed by atoms with E-state index in [1.807, 2.05) is 27.7 Å². The molecule has 66 valence electrons. The molecule has 0 heterocycles. The molecule has 0 saturated heterocycles. The Hall–Kier alpha value is 0.200. The summed E-state index contributed by atoms with van der Waals surface area (Å²) < 4.78 is 5.96. The Morgan fingerprint density at radius 3 is 2.27 bits per heavy atom. The third-order valence-corrected chi connectivity index (χ3v) is 2.36. The van der Waals surface area contributed by atoms with Gasteiger partial charge >= 0.3 is 5.97 Å². The maximum absolute atomic E-state index is 11.2. The van der Waals surface area contributed by atoms with Gasteiger partial charge in [0, 0.05) is 4.43 Å². The number of rotatable bonds is 2. The van der Waals surface area contributed by atoms with Crippen molar-refractivity contribution in [3.05, 3.63) is 0 Å². The van der Waals surface area contributed by atoms with Gasteiger partial charge in [0.1, 0.15) is 5.60 Å². The largest absolute Gasteiger partial charge is 0.460 e. The van der Waals surface area contributed by atoms with Gasteiger partial charge in [0.25, 0.3) is 0 Å². The van der Waals surface area contributed by atoms with E-state index in [9.17, 15) is 4.79 Å². The Kier molecular flexibility index (Phi) is 4.36. The lowest BCUT2D eigenvalue weighted by molar-refractivity contribution is -0.158. The van der Waals surface area contributed by atoms with Gasteiger partial charge in [-0.25, -0.2) is 0 Å². The Bertz CT molecular complexity index is 138. The summed E-state index contributed by atoms with van der Waals surface area (Å²) in [5, 5.41) is 0. The fraction of sp³-hybridized carbons (Fsp3) is 0.875. The van der Waals surface area contributed by atoms with Crippen LogP contribution >= 0.6 is 22.6 Å². The van der Waals surface area contributed by atoms with E-state index in [2.05, 4.69) is 22.6 Å². The summed E-state index contributed by atoms with van der Waals surface area (Å²) in [6.45, 7) is 7.51. The first-order valence-corrected chi connectivity index (χ1v) is 5.18. The molecule has 0 aliphatic rings. The molecular weight excluding hydrogens is 255 g/mol. The Balaban J connectivity index is 3.88. The molecule has 3 heteroatoms. The van der Waals surface area contributed by atoms with Crippen LogP contribution in [0, 0.1) is 5.92 Å². The van der Waals surface area contributed by atoms with E-state index in [0.29, 0.717) is 0 Å². The third kappa shape index (κ3) is 5.47. The third-order valence-electron chi connectivity index (χ3n) is 1.04. The van der Waals surface area contributed by atoms with Crippen molar-refractivity contribution in [3.8, 4) is 0 Å². The standard InChI is InChI=1S/C8H15IO2/c1-6(5-9)7(10)11-8(2,3)4/h6H,5H2,1-4H3/t6-/m1/s1. The molecule has 2 nitrogen and oxygen atoms in total. The number of ether oxygens (including phenoxy) is 1. The summed E-state index contributed by atoms with van der Waals surface area (Å²) in [6, 6.07) is 0. The van der Waals surface area contributed by atoms with Crippen LogP contribution in [0.15, 0.2) is 0 Å². The van der Waals surface area contributed by atoms with Crippen molar-refractivity contribution < 1.29 is 9.53 Å². The molecule has 0 aromatic rings. The number of carbonyl (C=O) groups is 1. The average Bonchev–Trinajstić information content (AvgIpc) is 1.82. The molecule has 0 rings (SSSR count). The van der Waals surface area contributed by atoms with E-state index in [-0.39, 0.29) is 17.5 Å². The second-order valence-corrected chi connectivity index (χ2v) is 4.47. The number of carbonyl (C=O) groups excluding carboxylic acids is 1. The molecule has 0 spiro atoms. The Labute approximate surface area is 81.8 Å². The highest BCUT2D eigenvalue weighted by molar-refractivity contribution is 14.1. The van der Waals surface area contributed by atoms with Crippen LogP contribution in [0.5, 0.6) is 0 Å². The molecule has 0 bridgehead atoms. The van der Waals surface area contributed by atoms with Crippen LogP contribution in [0.25, 0.3) is 0 Å². The van der Waals surface area contributed by atoms with E-state index in [0.717, 1.165) is 4.43 Å². The van der Waals surface area contributed by atoms with Gasteiger partial charge in [-0.05, 0) is 20.8 Å². The molecule has 0 aliphatic heterocycles. The topological polar surface area (TPSA) is 26.3 Å². The summed E-state index contributed by atoms with van der Waals surface area (Å²) in [5.41, 5.74) is -0.350. The van der Waals surface area contributed by atoms with Gasteiger partial charge in [0.15, 0.2) is 0 Å². The van der Waals surface area contributed by atoms with E-state index in [4.69, 9.17) is 4.74 Å². The van der Waals surface area contributed by atoms with Crippen molar-refractivity contribution in [1.29, 1.82) is 0 Å². The van der Waals surface area contributed by atoms with Crippen LogP contribution in [-0.4, -0.2) is 16.0 Å². The summed E-state index contributed by atoms with van der Waals surface area (Å²) in [7, 11) is 0. The maximum Gasteiger partial charge on any atom is 0.309 e. The van der Waals surface area contributed by atoms with Crippen molar-refractivity contribution in [1.82, 2.24) is 0 Å². The number of esters is 1. The number of hydrogen-bond donors (Lipinski definition) is 0. The first-order valence-electron chi connectivity index (χ1n) is 3.65. The molecule has 0 fully saturated rings. The summed E-state index contributed by atoms with van der Waals surface area (Å²) >= 11 is 2.18. The zero-order chi connectivity index (χ0) is 9.07. The van der Waals surface area contributed by atoms with Crippen molar-refractivity contribution in [3.63, 3.8) is 0 Å². The zero-order valence-corrected chi connectivity index (χ0v) is 9.64. The van der Waals surface area contributed by atoms with Gasteiger partial charge in [0.2, 0.25) is 0 Å². The average molecular weight is 270 g/mol. The fourth-order valence-electron chi connectivity index (χ4n) is 0.465. The molecule has 11 heavy (non-hydrogen) atoms. The molecule has 0 unspecified atom stereocenters. The summed E-state index contributed by atoms with van der Waals surface area (Å²) in [5.74, 6) is -0.0956. The molecular formula is C8H15IO2. The predicted molar refractivity (Wildman–Crippen MR) is 53.9 cm³/mol. The summed E-state index contributed by atoms with van der Waals surface area (Å²) in [4.78, 5) is 11.2. The molecule has 1 atom stereocenters. The van der Waals surface area contributed by atoms with Gasteiger partial charge in [-0.1, -0.05) is 29.5 Å². The van der Waals surface area contributed by atoms with Crippen molar-refractivity contribution in [2.24, 2.45) is 5.92 Å². The van der Waals surface area contributed by atoms with E-state index < -0.39 is 0 Å². The quantitative estimate of drug-likeness (QED) is 0.437. The highest BCUT2D eigenvalue weighted by Crippen LogP contribution is 2.12. The van der Waals surface area contributed by atoms with Crippen LogP contribution in [-0.2, 0) is 9.53 Å². The minimum absolute atomic E-state index is 0.00910. The molecule has 0 aliphatic carbocycles. The van der Waals surface area contributed by atoms with Gasteiger partial charge in [0.05, 0.1) is 5.92 Å². The molecule has 0 saturated carbocycles. The monoisotopic (exact) mass is 270 g/mol. The SMILES string of the molecule is C[C@H](CI)C(=O)OC(C)(C)C. The van der Waals surface area contributed by atoms with Crippen molar-refractivity contribution in [2.75, 3.05) is 4.43 Å². The van der Waals surface area contributed by atoms with E-state index in [1.54, 1.807) is 0 Å². The van der Waals surface area contributed by atoms with Crippen LogP contribution in [0.2, 0.25) is 0 Å². The predicted octanol–water partition coefficient (Wildman–Crippen LogP) is 2.40. The number of hydrogen-bond acceptors (Lipinski definition) is 2. The second kappa shape index (κ2) is 4.28. The van der Waals surface area contributed by atoms with Crippen LogP contribution in [0.3, 0.4) is 0 Å². The van der Waals surface area contributed by atoms with E-state index in [1.165, 1.54) is 0 Å². The first-order chi connectivity index (χ1) is 4.87. The normalized spacial score (nSPS) is 14.3. The lowest BCUT2D eigenvalue weighted by Crippen LogP contribution is -2.28. The Morgan fingerprint density at radius 1 is 1.55 bits per heavy atom. The zero-order valence-electron chi connectivity index (χ0n) is 7.48. The smallest absolute Gasteiger partial charge is 0.309 e. The summed E-state index contributed by atoms with van der Waals surface area (Å²) in [6.07, 6.45) is 0. The molecule has 0 radical (unpaired) electrons. The van der Waals surface area contributed by atoms with Crippen LogP contribution in [0.4, 0.5) is 0 Å². The lowest BCUT2D eigenvalue weighted by Gasteiger charge is -2.21. The highest BCUT2D eigenvalue weighted by Gasteiger charge is 2.20. The first kappa shape index (κ1) is 11.2. The van der Waals surface area contributed by atoms with Gasteiger partial charge in [-0.2, -0.15) is 0 Å². The van der Waals surface area contributed by atoms with Gasteiger partial charge < -0.3 is 4.74 Å². The number of alkyl halides is 1. The molecule has 0 N–H and O–H groups in total. The van der Waals surface area contributed by atoms with E-state index >= 15 is 0 Å². The fourth-order valence-corrected chi connectivity index (χ4v) is 0.825. The van der Waals surface area contributed by atoms with Gasteiger partial charge in [-0.3, -0.25) is 4.79 Å². The lowest BCUT2D eigenvalue weighted by atomic mass is 10.1. The van der Waals surface area contributed by atoms with Crippen LogP contribution in [0.1, 0.15) is 27.7 Å². The Morgan fingerprint density at radius 2 is 2.00 bits per heavy atom. The molecule has 0 aromatic heterocycles. The van der Waals surface area contributed by atoms with Crippen LogP contribution < -0.4 is 0 Å².